The van der Waals surface area contributed by atoms with Crippen LogP contribution in [-0.2, 0) is 16.1 Å². The van der Waals surface area contributed by atoms with Gasteiger partial charge in [0, 0.05) is 33.0 Å². The monoisotopic (exact) mass is 306 g/mol. The Morgan fingerprint density at radius 3 is 2.77 bits per heavy atom. The summed E-state index contributed by atoms with van der Waals surface area (Å²) in [6, 6.07) is 5.64. The molecule has 1 N–H and O–H groups in total. The predicted octanol–water partition coefficient (Wildman–Crippen LogP) is 1.68. The zero-order chi connectivity index (χ0) is 15.9. The van der Waals surface area contributed by atoms with Crippen LogP contribution in [0, 0.1) is 0 Å². The molecule has 2 amide bonds. The minimum atomic E-state index is -0.0255. The van der Waals surface area contributed by atoms with Crippen LogP contribution in [0.4, 0.5) is 0 Å². The first kappa shape index (κ1) is 16.1. The number of fused-ring (bicyclic) bond motifs is 1. The number of ether oxygens (including phenoxy) is 2. The highest BCUT2D eigenvalue weighted by Gasteiger charge is 2.15. The minimum Gasteiger partial charge on any atom is -0.454 e. The molecule has 0 fully saturated rings. The van der Waals surface area contributed by atoms with Crippen molar-refractivity contribution < 1.29 is 19.1 Å². The average molecular weight is 306 g/mol. The van der Waals surface area contributed by atoms with Gasteiger partial charge >= 0.3 is 0 Å². The number of carbonyl (C=O) groups is 2. The summed E-state index contributed by atoms with van der Waals surface area (Å²) in [6.45, 7) is 5.15. The van der Waals surface area contributed by atoms with Crippen LogP contribution in [0.2, 0.25) is 0 Å². The molecule has 1 aromatic carbocycles. The van der Waals surface area contributed by atoms with Gasteiger partial charge in [0.05, 0.1) is 0 Å². The summed E-state index contributed by atoms with van der Waals surface area (Å²) in [7, 11) is 0. The molecule has 6 nitrogen and oxygen atoms in total. The third-order valence-corrected chi connectivity index (χ3v) is 3.44. The molecule has 0 spiro atoms. The number of hydrogen-bond donors (Lipinski definition) is 1. The third-order valence-electron chi connectivity index (χ3n) is 3.44. The van der Waals surface area contributed by atoms with Gasteiger partial charge in [-0.15, -0.1) is 0 Å². The Morgan fingerprint density at radius 2 is 2.05 bits per heavy atom. The van der Waals surface area contributed by atoms with Crippen molar-refractivity contribution in [1.82, 2.24) is 10.2 Å². The van der Waals surface area contributed by atoms with Gasteiger partial charge in [0.1, 0.15) is 0 Å². The van der Waals surface area contributed by atoms with Gasteiger partial charge in [-0.2, -0.15) is 0 Å². The fourth-order valence-electron chi connectivity index (χ4n) is 2.25. The van der Waals surface area contributed by atoms with Gasteiger partial charge in [-0.1, -0.05) is 13.0 Å². The maximum atomic E-state index is 11.7. The van der Waals surface area contributed by atoms with Crippen LogP contribution in [0.3, 0.4) is 0 Å². The lowest BCUT2D eigenvalue weighted by Crippen LogP contribution is -2.37. The Bertz CT molecular complexity index is 545. The Morgan fingerprint density at radius 1 is 1.27 bits per heavy atom. The highest BCUT2D eigenvalue weighted by atomic mass is 16.7. The molecule has 22 heavy (non-hydrogen) atoms. The lowest BCUT2D eigenvalue weighted by molar-refractivity contribution is -0.130. The van der Waals surface area contributed by atoms with Crippen molar-refractivity contribution in [2.24, 2.45) is 0 Å². The van der Waals surface area contributed by atoms with Crippen molar-refractivity contribution in [2.75, 3.05) is 19.9 Å². The van der Waals surface area contributed by atoms with Crippen LogP contribution in [0.1, 0.15) is 32.3 Å². The Balaban J connectivity index is 1.89. The number of amides is 2. The molecule has 0 radical (unpaired) electrons. The fourth-order valence-corrected chi connectivity index (χ4v) is 2.25. The van der Waals surface area contributed by atoms with E-state index in [0.29, 0.717) is 31.8 Å². The molecule has 0 saturated carbocycles. The number of nitrogens with zero attached hydrogens (tertiary/aromatic N) is 1. The molecule has 0 bridgehead atoms. The molecule has 120 valence electrons. The first-order valence-electron chi connectivity index (χ1n) is 7.51. The van der Waals surface area contributed by atoms with Crippen molar-refractivity contribution in [2.45, 2.75) is 33.2 Å². The average Bonchev–Trinajstić information content (AvgIpc) is 2.94. The molecule has 0 unspecified atom stereocenters. The third kappa shape index (κ3) is 4.38. The predicted molar refractivity (Wildman–Crippen MR) is 81.6 cm³/mol. The fraction of sp³-hybridized carbons (Fsp3) is 0.500. The van der Waals surface area contributed by atoms with E-state index < -0.39 is 0 Å². The Labute approximate surface area is 130 Å². The van der Waals surface area contributed by atoms with Gasteiger partial charge < -0.3 is 19.7 Å². The molecule has 1 heterocycles. The van der Waals surface area contributed by atoms with E-state index in [9.17, 15) is 9.59 Å². The van der Waals surface area contributed by atoms with Crippen molar-refractivity contribution in [3.8, 4) is 11.5 Å². The largest absolute Gasteiger partial charge is 0.454 e. The van der Waals surface area contributed by atoms with Crippen molar-refractivity contribution in [1.29, 1.82) is 0 Å². The summed E-state index contributed by atoms with van der Waals surface area (Å²) in [6.07, 6.45) is 1.34. The smallest absolute Gasteiger partial charge is 0.231 e. The lowest BCUT2D eigenvalue weighted by atomic mass is 10.2. The summed E-state index contributed by atoms with van der Waals surface area (Å²) in [4.78, 5) is 24.9. The zero-order valence-electron chi connectivity index (χ0n) is 13.1. The van der Waals surface area contributed by atoms with Gasteiger partial charge in [0.2, 0.25) is 18.6 Å². The second-order valence-electron chi connectivity index (χ2n) is 5.23. The molecular weight excluding hydrogens is 284 g/mol. The van der Waals surface area contributed by atoms with Crippen LogP contribution >= 0.6 is 0 Å². The van der Waals surface area contributed by atoms with Gasteiger partial charge in [-0.3, -0.25) is 9.59 Å². The quantitative estimate of drug-likeness (QED) is 0.832. The molecular formula is C16H22N2O4. The molecule has 1 aliphatic heterocycles. The molecule has 6 heteroatoms. The van der Waals surface area contributed by atoms with E-state index in [1.807, 2.05) is 25.1 Å². The molecule has 1 aromatic rings. The minimum absolute atomic E-state index is 0.0223. The van der Waals surface area contributed by atoms with E-state index in [-0.39, 0.29) is 18.6 Å². The number of rotatable bonds is 7. The zero-order valence-corrected chi connectivity index (χ0v) is 13.1. The summed E-state index contributed by atoms with van der Waals surface area (Å²) in [5.74, 6) is 1.43. The van der Waals surface area contributed by atoms with Crippen molar-refractivity contribution >= 4 is 11.8 Å². The molecule has 1 aliphatic rings. The van der Waals surface area contributed by atoms with Crippen LogP contribution < -0.4 is 14.8 Å². The highest BCUT2D eigenvalue weighted by molar-refractivity contribution is 5.76. The van der Waals surface area contributed by atoms with E-state index in [1.54, 1.807) is 4.90 Å². The van der Waals surface area contributed by atoms with Crippen LogP contribution in [0.5, 0.6) is 11.5 Å². The molecule has 0 aromatic heterocycles. The van der Waals surface area contributed by atoms with Crippen LogP contribution in [0.15, 0.2) is 18.2 Å². The normalized spacial score (nSPS) is 12.1. The van der Waals surface area contributed by atoms with Crippen molar-refractivity contribution in [3.05, 3.63) is 23.8 Å². The van der Waals surface area contributed by atoms with Gasteiger partial charge in [0.15, 0.2) is 11.5 Å². The number of benzene rings is 1. The maximum absolute atomic E-state index is 11.7. The first-order chi connectivity index (χ1) is 10.6. The SMILES string of the molecule is CCCC(=O)NCCN(Cc1ccc2c(c1)OCO2)C(C)=O. The van der Waals surface area contributed by atoms with Gasteiger partial charge in [0.25, 0.3) is 0 Å². The number of hydrogen-bond acceptors (Lipinski definition) is 4. The summed E-state index contributed by atoms with van der Waals surface area (Å²) < 4.78 is 10.6. The van der Waals surface area contributed by atoms with Crippen molar-refractivity contribution in [3.63, 3.8) is 0 Å². The molecule has 0 saturated heterocycles. The lowest BCUT2D eigenvalue weighted by Gasteiger charge is -2.21. The standard InChI is InChI=1S/C16H22N2O4/c1-3-4-16(20)17-7-8-18(12(2)19)10-13-5-6-14-15(9-13)22-11-21-14/h5-6,9H,3-4,7-8,10-11H2,1-2H3,(H,17,20). The van der Waals surface area contributed by atoms with Crippen LogP contribution in [-0.4, -0.2) is 36.6 Å². The maximum Gasteiger partial charge on any atom is 0.231 e. The second-order valence-corrected chi connectivity index (χ2v) is 5.23. The second kappa shape index (κ2) is 7.68. The van der Waals surface area contributed by atoms with E-state index in [2.05, 4.69) is 5.32 Å². The Kier molecular flexibility index (Phi) is 5.63. The molecule has 0 aliphatic carbocycles. The van der Waals surface area contributed by atoms with E-state index in [0.717, 1.165) is 17.7 Å². The summed E-state index contributed by atoms with van der Waals surface area (Å²) in [5.41, 5.74) is 0.972. The molecule has 0 atom stereocenters. The number of nitrogens with one attached hydrogen (secondary N) is 1. The van der Waals surface area contributed by atoms with E-state index in [1.165, 1.54) is 6.92 Å². The topological polar surface area (TPSA) is 67.9 Å². The van der Waals surface area contributed by atoms with Crippen LogP contribution in [0.25, 0.3) is 0 Å². The van der Waals surface area contributed by atoms with E-state index >= 15 is 0 Å². The Hall–Kier alpha value is -2.24. The highest BCUT2D eigenvalue weighted by Crippen LogP contribution is 2.32. The first-order valence-corrected chi connectivity index (χ1v) is 7.51. The molecule has 2 rings (SSSR count). The summed E-state index contributed by atoms with van der Waals surface area (Å²) in [5, 5.41) is 2.82. The van der Waals surface area contributed by atoms with Gasteiger partial charge in [-0.05, 0) is 24.1 Å². The number of carbonyl (C=O) groups excluding carboxylic acids is 2. The van der Waals surface area contributed by atoms with Gasteiger partial charge in [-0.25, -0.2) is 0 Å². The van der Waals surface area contributed by atoms with E-state index in [4.69, 9.17) is 9.47 Å². The summed E-state index contributed by atoms with van der Waals surface area (Å²) >= 11 is 0.